The van der Waals surface area contributed by atoms with Crippen LogP contribution in [0.25, 0.3) is 0 Å². The number of anilines is 1. The molecular weight excluding hydrogens is 250 g/mol. The lowest BCUT2D eigenvalue weighted by Gasteiger charge is -2.33. The van der Waals surface area contributed by atoms with E-state index in [1.807, 2.05) is 30.3 Å². The highest BCUT2D eigenvalue weighted by atomic mass is 16.5. The molecule has 2 atom stereocenters. The average molecular weight is 275 g/mol. The van der Waals surface area contributed by atoms with Crippen molar-refractivity contribution in [2.45, 2.75) is 32.8 Å². The number of hydrogen-bond donors (Lipinski definition) is 2. The van der Waals surface area contributed by atoms with Crippen molar-refractivity contribution in [2.75, 3.05) is 18.5 Å². The molecule has 2 rings (SSSR count). The Balaban J connectivity index is 1.90. The topological polar surface area (TPSA) is 59.6 Å². The zero-order valence-corrected chi connectivity index (χ0v) is 12.4. The zero-order valence-electron chi connectivity index (χ0n) is 12.4. The summed E-state index contributed by atoms with van der Waals surface area (Å²) in [5, 5.41) is 3.11. The second-order valence-electron chi connectivity index (χ2n) is 5.70. The van der Waals surface area contributed by atoms with Crippen molar-refractivity contribution in [3.63, 3.8) is 0 Å². The van der Waals surface area contributed by atoms with Gasteiger partial charge < -0.3 is 15.8 Å². The van der Waals surface area contributed by atoms with Gasteiger partial charge in [0, 0.05) is 24.8 Å². The number of guanidine groups is 1. The molecule has 1 aromatic rings. The highest BCUT2D eigenvalue weighted by molar-refractivity contribution is 5.92. The van der Waals surface area contributed by atoms with Crippen molar-refractivity contribution < 1.29 is 4.74 Å². The Bertz CT molecular complexity index is 431. The van der Waals surface area contributed by atoms with Crippen LogP contribution in [0.4, 0.5) is 5.69 Å². The largest absolute Gasteiger partial charge is 0.378 e. The molecule has 2 unspecified atom stereocenters. The minimum absolute atomic E-state index is 0.303. The van der Waals surface area contributed by atoms with Gasteiger partial charge in [-0.2, -0.15) is 0 Å². The molecule has 0 aliphatic carbocycles. The van der Waals surface area contributed by atoms with Crippen LogP contribution < -0.4 is 11.1 Å². The third-order valence-corrected chi connectivity index (χ3v) is 3.69. The smallest absolute Gasteiger partial charge is 0.193 e. The minimum atomic E-state index is 0.303. The molecule has 0 spiro atoms. The molecule has 1 heterocycles. The molecule has 0 aromatic heterocycles. The summed E-state index contributed by atoms with van der Waals surface area (Å²) in [5.41, 5.74) is 6.91. The van der Waals surface area contributed by atoms with Crippen LogP contribution in [-0.4, -0.2) is 25.2 Å². The lowest BCUT2D eigenvalue weighted by Crippen LogP contribution is -2.36. The maximum atomic E-state index is 5.94. The van der Waals surface area contributed by atoms with E-state index in [-0.39, 0.29) is 0 Å². The Morgan fingerprint density at radius 2 is 2.15 bits per heavy atom. The van der Waals surface area contributed by atoms with E-state index in [0.29, 0.717) is 23.9 Å². The Hall–Kier alpha value is -1.55. The molecular formula is C16H25N3O. The Labute approximate surface area is 121 Å². The summed E-state index contributed by atoms with van der Waals surface area (Å²) < 4.78 is 5.87. The van der Waals surface area contributed by atoms with Crippen LogP contribution in [0.1, 0.15) is 26.7 Å². The Kier molecular flexibility index (Phi) is 5.41. The number of benzene rings is 1. The summed E-state index contributed by atoms with van der Waals surface area (Å²) in [6, 6.07) is 9.87. The Morgan fingerprint density at radius 1 is 1.40 bits per heavy atom. The first-order valence-corrected chi connectivity index (χ1v) is 7.40. The van der Waals surface area contributed by atoms with E-state index in [1.165, 1.54) is 6.42 Å². The van der Waals surface area contributed by atoms with E-state index in [2.05, 4.69) is 24.2 Å². The molecule has 1 aliphatic rings. The molecule has 3 N–H and O–H groups in total. The van der Waals surface area contributed by atoms with E-state index in [9.17, 15) is 0 Å². The van der Waals surface area contributed by atoms with E-state index in [4.69, 9.17) is 10.5 Å². The van der Waals surface area contributed by atoms with Crippen molar-refractivity contribution in [3.8, 4) is 0 Å². The van der Waals surface area contributed by atoms with Crippen molar-refractivity contribution in [3.05, 3.63) is 30.3 Å². The van der Waals surface area contributed by atoms with Gasteiger partial charge in [0.2, 0.25) is 0 Å². The fourth-order valence-corrected chi connectivity index (χ4v) is 2.72. The average Bonchev–Trinajstić information content (AvgIpc) is 2.46. The number of para-hydroxylation sites is 1. The second-order valence-corrected chi connectivity index (χ2v) is 5.70. The summed E-state index contributed by atoms with van der Waals surface area (Å²) in [6.07, 6.45) is 2.59. The first kappa shape index (κ1) is 14.9. The fraction of sp³-hybridized carbons (Fsp3) is 0.562. The molecule has 0 amide bonds. The lowest BCUT2D eigenvalue weighted by atomic mass is 9.87. The van der Waals surface area contributed by atoms with Gasteiger partial charge in [-0.25, -0.2) is 0 Å². The van der Waals surface area contributed by atoms with Gasteiger partial charge in [0.25, 0.3) is 0 Å². The molecule has 1 aromatic carbocycles. The van der Waals surface area contributed by atoms with Gasteiger partial charge >= 0.3 is 0 Å². The fourth-order valence-electron chi connectivity index (χ4n) is 2.72. The number of ether oxygens (including phenoxy) is 1. The molecule has 4 nitrogen and oxygen atoms in total. The predicted molar refractivity (Wildman–Crippen MR) is 83.9 cm³/mol. The third-order valence-electron chi connectivity index (χ3n) is 3.69. The molecule has 110 valence electrons. The summed E-state index contributed by atoms with van der Waals surface area (Å²) in [5.74, 6) is 1.47. The summed E-state index contributed by atoms with van der Waals surface area (Å²) in [4.78, 5) is 4.48. The standard InChI is InChI=1S/C16H25N3O/c1-12(2)15-13(7-6-10-20-15)11-18-16(17)19-14-8-4-3-5-9-14/h3-5,8-9,12-13,15H,6-7,10-11H2,1-2H3,(H3,17,18,19). The van der Waals surface area contributed by atoms with Gasteiger partial charge in [0.15, 0.2) is 5.96 Å². The molecule has 1 aliphatic heterocycles. The molecule has 4 heteroatoms. The third kappa shape index (κ3) is 4.23. The summed E-state index contributed by atoms with van der Waals surface area (Å²) >= 11 is 0. The van der Waals surface area contributed by atoms with Crippen LogP contribution in [-0.2, 0) is 4.74 Å². The van der Waals surface area contributed by atoms with Crippen LogP contribution in [0.3, 0.4) is 0 Å². The van der Waals surface area contributed by atoms with E-state index in [0.717, 1.165) is 25.3 Å². The van der Waals surface area contributed by atoms with Crippen LogP contribution in [0.5, 0.6) is 0 Å². The van der Waals surface area contributed by atoms with Crippen molar-refractivity contribution >= 4 is 11.6 Å². The van der Waals surface area contributed by atoms with Crippen molar-refractivity contribution in [1.82, 2.24) is 0 Å². The van der Waals surface area contributed by atoms with Gasteiger partial charge in [-0.3, -0.25) is 4.99 Å². The van der Waals surface area contributed by atoms with Gasteiger partial charge in [0.05, 0.1) is 6.10 Å². The summed E-state index contributed by atoms with van der Waals surface area (Å²) in [6.45, 7) is 6.02. The maximum absolute atomic E-state index is 5.94. The number of nitrogens with zero attached hydrogens (tertiary/aromatic N) is 1. The maximum Gasteiger partial charge on any atom is 0.193 e. The normalized spacial score (nSPS) is 23.9. The second kappa shape index (κ2) is 7.29. The number of nitrogens with two attached hydrogens (primary N) is 1. The minimum Gasteiger partial charge on any atom is -0.378 e. The van der Waals surface area contributed by atoms with Crippen LogP contribution in [0.15, 0.2) is 35.3 Å². The van der Waals surface area contributed by atoms with Crippen LogP contribution >= 0.6 is 0 Å². The van der Waals surface area contributed by atoms with Gasteiger partial charge in [-0.15, -0.1) is 0 Å². The van der Waals surface area contributed by atoms with Crippen LogP contribution in [0.2, 0.25) is 0 Å². The first-order valence-electron chi connectivity index (χ1n) is 7.40. The molecule has 1 saturated heterocycles. The molecule has 20 heavy (non-hydrogen) atoms. The van der Waals surface area contributed by atoms with Crippen molar-refractivity contribution in [2.24, 2.45) is 22.6 Å². The highest BCUT2D eigenvalue weighted by Crippen LogP contribution is 2.26. The number of aliphatic imine (C=N–C) groups is 1. The monoisotopic (exact) mass is 275 g/mol. The SMILES string of the molecule is CC(C)C1OCCCC1CN=C(N)Nc1ccccc1. The van der Waals surface area contributed by atoms with Gasteiger partial charge in [-0.1, -0.05) is 32.0 Å². The quantitative estimate of drug-likeness (QED) is 0.656. The molecule has 0 saturated carbocycles. The molecule has 1 fully saturated rings. The predicted octanol–water partition coefficient (Wildman–Crippen LogP) is 2.86. The van der Waals surface area contributed by atoms with Gasteiger partial charge in [0.1, 0.15) is 0 Å². The van der Waals surface area contributed by atoms with Crippen molar-refractivity contribution in [1.29, 1.82) is 0 Å². The molecule has 0 bridgehead atoms. The van der Waals surface area contributed by atoms with E-state index in [1.54, 1.807) is 0 Å². The number of nitrogens with one attached hydrogen (secondary N) is 1. The number of rotatable bonds is 4. The highest BCUT2D eigenvalue weighted by Gasteiger charge is 2.28. The zero-order chi connectivity index (χ0) is 14.4. The summed E-state index contributed by atoms with van der Waals surface area (Å²) in [7, 11) is 0. The number of hydrogen-bond acceptors (Lipinski definition) is 2. The van der Waals surface area contributed by atoms with Gasteiger partial charge in [-0.05, 0) is 30.9 Å². The molecule has 0 radical (unpaired) electrons. The van der Waals surface area contributed by atoms with Crippen LogP contribution in [0, 0.1) is 11.8 Å². The van der Waals surface area contributed by atoms with E-state index >= 15 is 0 Å². The lowest BCUT2D eigenvalue weighted by molar-refractivity contribution is -0.0491. The Morgan fingerprint density at radius 3 is 2.85 bits per heavy atom. The first-order chi connectivity index (χ1) is 9.66. The van der Waals surface area contributed by atoms with E-state index < -0.39 is 0 Å².